The maximum atomic E-state index is 12.1. The topological polar surface area (TPSA) is 44.1 Å². The van der Waals surface area contributed by atoms with E-state index < -0.39 is 6.04 Å². The zero-order valence-corrected chi connectivity index (χ0v) is 9.47. The van der Waals surface area contributed by atoms with Crippen molar-refractivity contribution in [1.82, 2.24) is 4.90 Å². The second kappa shape index (κ2) is 3.97. The molecule has 3 heteroatoms. The van der Waals surface area contributed by atoms with Gasteiger partial charge >= 0.3 is 0 Å². The number of rotatable bonds is 2. The van der Waals surface area contributed by atoms with Crippen LogP contribution in [0.15, 0.2) is 24.3 Å². The van der Waals surface area contributed by atoms with Crippen molar-refractivity contribution in [3.8, 4) is 6.07 Å². The molecule has 0 spiro atoms. The molecule has 0 N–H and O–H groups in total. The molecule has 82 valence electrons. The number of hydrogen-bond donors (Lipinski definition) is 0. The highest BCUT2D eigenvalue weighted by Crippen LogP contribution is 2.33. The van der Waals surface area contributed by atoms with Crippen LogP contribution in [0, 0.1) is 17.2 Å². The summed E-state index contributed by atoms with van der Waals surface area (Å²) in [6.45, 7) is 4.72. The van der Waals surface area contributed by atoms with E-state index in [0.29, 0.717) is 18.0 Å². The molecule has 1 atom stereocenters. The summed E-state index contributed by atoms with van der Waals surface area (Å²) in [7, 11) is 0. The first-order valence-corrected chi connectivity index (χ1v) is 5.44. The molecule has 1 unspecified atom stereocenters. The van der Waals surface area contributed by atoms with Gasteiger partial charge in [0.1, 0.15) is 6.04 Å². The number of nitriles is 1. The third-order valence-corrected chi connectivity index (χ3v) is 2.74. The molecular weight excluding hydrogens is 200 g/mol. The van der Waals surface area contributed by atoms with Crippen molar-refractivity contribution in [2.24, 2.45) is 5.92 Å². The SMILES string of the molecule is CC(C)CN1C(=O)c2ccccc2C1C#N. The molecule has 16 heavy (non-hydrogen) atoms. The average molecular weight is 214 g/mol. The number of benzene rings is 1. The standard InChI is InChI=1S/C13H14N2O/c1-9(2)8-15-12(7-14)10-5-3-4-6-11(10)13(15)16/h3-6,9,12H,8H2,1-2H3. The molecule has 1 aromatic carbocycles. The van der Waals surface area contributed by atoms with Crippen molar-refractivity contribution in [3.05, 3.63) is 35.4 Å². The van der Waals surface area contributed by atoms with Crippen LogP contribution in [0.4, 0.5) is 0 Å². The minimum Gasteiger partial charge on any atom is -0.318 e. The Kier molecular flexibility index (Phi) is 2.66. The third kappa shape index (κ3) is 1.57. The molecule has 0 bridgehead atoms. The first kappa shape index (κ1) is 10.7. The van der Waals surface area contributed by atoms with E-state index in [2.05, 4.69) is 6.07 Å². The summed E-state index contributed by atoms with van der Waals surface area (Å²) in [4.78, 5) is 13.7. The van der Waals surface area contributed by atoms with E-state index in [-0.39, 0.29) is 5.91 Å². The van der Waals surface area contributed by atoms with Crippen molar-refractivity contribution in [2.75, 3.05) is 6.54 Å². The molecule has 0 saturated heterocycles. The van der Waals surface area contributed by atoms with Gasteiger partial charge in [-0.15, -0.1) is 0 Å². The largest absolute Gasteiger partial charge is 0.318 e. The second-order valence-electron chi connectivity index (χ2n) is 4.47. The minimum absolute atomic E-state index is 0.0177. The highest BCUT2D eigenvalue weighted by Gasteiger charge is 2.36. The summed E-state index contributed by atoms with van der Waals surface area (Å²) < 4.78 is 0. The maximum absolute atomic E-state index is 12.1. The molecule has 1 amide bonds. The van der Waals surface area contributed by atoms with Crippen molar-refractivity contribution in [1.29, 1.82) is 5.26 Å². The Bertz CT molecular complexity index is 459. The van der Waals surface area contributed by atoms with Crippen molar-refractivity contribution in [3.63, 3.8) is 0 Å². The fourth-order valence-electron chi connectivity index (χ4n) is 2.09. The van der Waals surface area contributed by atoms with Gasteiger partial charge in [-0.25, -0.2) is 0 Å². The molecule has 1 aliphatic rings. The highest BCUT2D eigenvalue weighted by atomic mass is 16.2. The van der Waals surface area contributed by atoms with Crippen LogP contribution in [-0.2, 0) is 0 Å². The fourth-order valence-corrected chi connectivity index (χ4v) is 2.09. The van der Waals surface area contributed by atoms with Crippen LogP contribution in [0.5, 0.6) is 0 Å². The number of carbonyl (C=O) groups excluding carboxylic acids is 1. The molecule has 3 nitrogen and oxygen atoms in total. The van der Waals surface area contributed by atoms with E-state index in [9.17, 15) is 4.79 Å². The third-order valence-electron chi connectivity index (χ3n) is 2.74. The van der Waals surface area contributed by atoms with E-state index in [0.717, 1.165) is 5.56 Å². The first-order chi connectivity index (χ1) is 7.65. The van der Waals surface area contributed by atoms with Crippen molar-refractivity contribution < 1.29 is 4.79 Å². The predicted octanol–water partition coefficient (Wildman–Crippen LogP) is 2.36. The fraction of sp³-hybridized carbons (Fsp3) is 0.385. The van der Waals surface area contributed by atoms with Gasteiger partial charge in [-0.3, -0.25) is 4.79 Å². The average Bonchev–Trinajstić information content (AvgIpc) is 2.52. The molecule has 0 saturated carbocycles. The van der Waals surface area contributed by atoms with Crippen LogP contribution in [0.2, 0.25) is 0 Å². The number of fused-ring (bicyclic) bond motifs is 1. The summed E-state index contributed by atoms with van der Waals surface area (Å²) in [6.07, 6.45) is 0. The predicted molar refractivity (Wildman–Crippen MR) is 60.7 cm³/mol. The lowest BCUT2D eigenvalue weighted by molar-refractivity contribution is 0.0737. The van der Waals surface area contributed by atoms with E-state index in [1.165, 1.54) is 0 Å². The zero-order valence-electron chi connectivity index (χ0n) is 9.47. The van der Waals surface area contributed by atoms with E-state index in [1.54, 1.807) is 11.0 Å². The Morgan fingerprint density at radius 3 is 2.75 bits per heavy atom. The monoisotopic (exact) mass is 214 g/mol. The summed E-state index contributed by atoms with van der Waals surface area (Å²) in [5, 5.41) is 9.17. The molecule has 0 radical (unpaired) electrons. The summed E-state index contributed by atoms with van der Waals surface area (Å²) in [5.74, 6) is 0.352. The van der Waals surface area contributed by atoms with Crippen LogP contribution in [0.25, 0.3) is 0 Å². The molecule has 0 fully saturated rings. The van der Waals surface area contributed by atoms with Gasteiger partial charge in [0.2, 0.25) is 0 Å². The molecule has 0 aromatic heterocycles. The van der Waals surface area contributed by atoms with Crippen LogP contribution in [-0.4, -0.2) is 17.4 Å². The molecule has 1 heterocycles. The van der Waals surface area contributed by atoms with Crippen LogP contribution < -0.4 is 0 Å². The van der Waals surface area contributed by atoms with E-state index >= 15 is 0 Å². The van der Waals surface area contributed by atoms with Crippen LogP contribution >= 0.6 is 0 Å². The molecule has 1 aliphatic heterocycles. The normalized spacial score (nSPS) is 18.8. The molecule has 0 aliphatic carbocycles. The molecule has 2 rings (SSSR count). The molecule has 1 aromatic rings. The Labute approximate surface area is 95.3 Å². The summed E-state index contributed by atoms with van der Waals surface area (Å²) in [5.41, 5.74) is 1.52. The van der Waals surface area contributed by atoms with Gasteiger partial charge in [-0.1, -0.05) is 32.0 Å². The Hall–Kier alpha value is -1.82. The lowest BCUT2D eigenvalue weighted by Gasteiger charge is -2.21. The minimum atomic E-state index is -0.411. The number of nitrogens with zero attached hydrogens (tertiary/aromatic N) is 2. The van der Waals surface area contributed by atoms with Gasteiger partial charge in [0.05, 0.1) is 6.07 Å². The second-order valence-corrected chi connectivity index (χ2v) is 4.47. The zero-order chi connectivity index (χ0) is 11.7. The summed E-state index contributed by atoms with van der Waals surface area (Å²) in [6, 6.07) is 9.16. The first-order valence-electron chi connectivity index (χ1n) is 5.44. The van der Waals surface area contributed by atoms with Crippen molar-refractivity contribution in [2.45, 2.75) is 19.9 Å². The maximum Gasteiger partial charge on any atom is 0.255 e. The van der Waals surface area contributed by atoms with Gasteiger partial charge in [0, 0.05) is 17.7 Å². The lowest BCUT2D eigenvalue weighted by Crippen LogP contribution is -2.31. The number of amides is 1. The van der Waals surface area contributed by atoms with Gasteiger partial charge < -0.3 is 4.90 Å². The molecular formula is C13H14N2O. The number of hydrogen-bond acceptors (Lipinski definition) is 2. The van der Waals surface area contributed by atoms with Gasteiger partial charge in [-0.05, 0) is 12.0 Å². The smallest absolute Gasteiger partial charge is 0.255 e. The van der Waals surface area contributed by atoms with Gasteiger partial charge in [-0.2, -0.15) is 5.26 Å². The highest BCUT2D eigenvalue weighted by molar-refractivity contribution is 5.99. The lowest BCUT2D eigenvalue weighted by atomic mass is 10.1. The van der Waals surface area contributed by atoms with Crippen molar-refractivity contribution >= 4 is 5.91 Å². The quantitative estimate of drug-likeness (QED) is 0.758. The van der Waals surface area contributed by atoms with E-state index in [1.807, 2.05) is 32.0 Å². The van der Waals surface area contributed by atoms with Crippen LogP contribution in [0.3, 0.4) is 0 Å². The Morgan fingerprint density at radius 1 is 1.44 bits per heavy atom. The van der Waals surface area contributed by atoms with Gasteiger partial charge in [0.15, 0.2) is 0 Å². The van der Waals surface area contributed by atoms with Crippen LogP contribution in [0.1, 0.15) is 35.8 Å². The Morgan fingerprint density at radius 2 is 2.12 bits per heavy atom. The number of carbonyl (C=O) groups is 1. The van der Waals surface area contributed by atoms with Gasteiger partial charge in [0.25, 0.3) is 5.91 Å². The van der Waals surface area contributed by atoms with E-state index in [4.69, 9.17) is 5.26 Å². The summed E-state index contributed by atoms with van der Waals surface area (Å²) >= 11 is 0. The Balaban J connectivity index is 2.40.